The van der Waals surface area contributed by atoms with Crippen LogP contribution in [-0.2, 0) is 11.3 Å². The van der Waals surface area contributed by atoms with E-state index in [1.54, 1.807) is 7.05 Å². The van der Waals surface area contributed by atoms with Crippen molar-refractivity contribution in [3.05, 3.63) is 18.0 Å². The van der Waals surface area contributed by atoms with Gasteiger partial charge in [0.25, 0.3) is 0 Å². The number of nitrogens with zero attached hydrogens (tertiary/aromatic N) is 4. The molecular formula is C20H34N6O2. The second kappa shape index (κ2) is 8.84. The predicted octanol–water partition coefficient (Wildman–Crippen LogP) is 2.67. The summed E-state index contributed by atoms with van der Waals surface area (Å²) in [6.07, 6.45) is 7.67. The van der Waals surface area contributed by atoms with Crippen molar-refractivity contribution < 1.29 is 9.53 Å². The Morgan fingerprint density at radius 3 is 2.75 bits per heavy atom. The van der Waals surface area contributed by atoms with E-state index in [-0.39, 0.29) is 12.1 Å². The average molecular weight is 391 g/mol. The van der Waals surface area contributed by atoms with Gasteiger partial charge in [0.05, 0.1) is 24.3 Å². The van der Waals surface area contributed by atoms with Gasteiger partial charge in [-0.15, -0.1) is 0 Å². The van der Waals surface area contributed by atoms with Crippen molar-refractivity contribution in [1.29, 1.82) is 0 Å². The van der Waals surface area contributed by atoms with Crippen LogP contribution < -0.4 is 10.6 Å². The minimum Gasteiger partial charge on any atom is -0.444 e. The lowest BCUT2D eigenvalue weighted by Crippen LogP contribution is -2.44. The average Bonchev–Trinajstić information content (AvgIpc) is 3.35. The molecule has 1 aliphatic carbocycles. The monoisotopic (exact) mass is 390 g/mol. The lowest BCUT2D eigenvalue weighted by atomic mass is 10.2. The quantitative estimate of drug-likeness (QED) is 0.610. The van der Waals surface area contributed by atoms with Crippen LogP contribution in [0.4, 0.5) is 4.79 Å². The SMILES string of the molecule is CN=C(NCc1ccn(C2CCCC2)n1)N1CC[C@@H](NC(=O)OC(C)(C)C)C1. The van der Waals surface area contributed by atoms with E-state index in [1.165, 1.54) is 25.7 Å². The van der Waals surface area contributed by atoms with E-state index in [9.17, 15) is 4.79 Å². The van der Waals surface area contributed by atoms with Gasteiger partial charge in [0.2, 0.25) is 0 Å². The number of aliphatic imine (C=N–C) groups is 1. The molecule has 0 unspecified atom stereocenters. The first kappa shape index (κ1) is 20.5. The fraction of sp³-hybridized carbons (Fsp3) is 0.750. The highest BCUT2D eigenvalue weighted by Crippen LogP contribution is 2.28. The first-order chi connectivity index (χ1) is 13.3. The minimum atomic E-state index is -0.484. The number of guanidine groups is 1. The molecular weight excluding hydrogens is 356 g/mol. The topological polar surface area (TPSA) is 83.8 Å². The number of amides is 1. The van der Waals surface area contributed by atoms with Gasteiger partial charge < -0.3 is 20.3 Å². The van der Waals surface area contributed by atoms with Crippen molar-refractivity contribution >= 4 is 12.1 Å². The van der Waals surface area contributed by atoms with E-state index in [0.29, 0.717) is 12.6 Å². The van der Waals surface area contributed by atoms with Crippen molar-refractivity contribution in [2.24, 2.45) is 4.99 Å². The van der Waals surface area contributed by atoms with E-state index < -0.39 is 5.60 Å². The first-order valence-electron chi connectivity index (χ1n) is 10.3. The summed E-state index contributed by atoms with van der Waals surface area (Å²) in [5, 5.41) is 11.1. The fourth-order valence-electron chi connectivity index (χ4n) is 3.89. The number of carbonyl (C=O) groups excluding carboxylic acids is 1. The molecule has 8 heteroatoms. The number of ether oxygens (including phenoxy) is 1. The second-order valence-electron chi connectivity index (χ2n) is 8.70. The number of nitrogens with one attached hydrogen (secondary N) is 2. The standard InChI is InChI=1S/C20H34N6O2/c1-20(2,3)28-19(27)23-16-9-11-25(14-16)18(21-4)22-13-15-10-12-26(24-15)17-7-5-6-8-17/h10,12,16-17H,5-9,11,13-14H2,1-4H3,(H,21,22)(H,23,27)/t16-/m1/s1. The number of rotatable bonds is 4. The number of alkyl carbamates (subject to hydrolysis) is 1. The van der Waals surface area contributed by atoms with Gasteiger partial charge in [-0.2, -0.15) is 5.10 Å². The molecule has 8 nitrogen and oxygen atoms in total. The normalized spacial score (nSPS) is 21.2. The highest BCUT2D eigenvalue weighted by Gasteiger charge is 2.28. The van der Waals surface area contributed by atoms with Crippen LogP contribution >= 0.6 is 0 Å². The van der Waals surface area contributed by atoms with Crippen LogP contribution in [0.1, 0.15) is 64.6 Å². The summed E-state index contributed by atoms with van der Waals surface area (Å²) < 4.78 is 7.46. The van der Waals surface area contributed by atoms with Crippen molar-refractivity contribution in [3.63, 3.8) is 0 Å². The zero-order valence-electron chi connectivity index (χ0n) is 17.6. The zero-order chi connectivity index (χ0) is 20.1. The number of hydrogen-bond acceptors (Lipinski definition) is 4. The Morgan fingerprint density at radius 2 is 2.07 bits per heavy atom. The molecule has 2 N–H and O–H groups in total. The van der Waals surface area contributed by atoms with Gasteiger partial charge in [-0.25, -0.2) is 4.79 Å². The molecule has 1 aliphatic heterocycles. The number of aromatic nitrogens is 2. The Kier molecular flexibility index (Phi) is 6.46. The molecule has 0 radical (unpaired) electrons. The Balaban J connectivity index is 1.46. The van der Waals surface area contributed by atoms with E-state index in [0.717, 1.165) is 31.2 Å². The Hall–Kier alpha value is -2.25. The van der Waals surface area contributed by atoms with Gasteiger partial charge in [-0.3, -0.25) is 9.67 Å². The molecule has 156 valence electrons. The summed E-state index contributed by atoms with van der Waals surface area (Å²) >= 11 is 0. The van der Waals surface area contributed by atoms with Gasteiger partial charge in [0, 0.05) is 26.3 Å². The van der Waals surface area contributed by atoms with Gasteiger partial charge in [-0.05, 0) is 46.1 Å². The highest BCUT2D eigenvalue weighted by atomic mass is 16.6. The summed E-state index contributed by atoms with van der Waals surface area (Å²) in [7, 11) is 1.79. The zero-order valence-corrected chi connectivity index (χ0v) is 17.6. The molecule has 28 heavy (non-hydrogen) atoms. The van der Waals surface area contributed by atoms with Crippen LogP contribution in [0.5, 0.6) is 0 Å². The Bertz CT molecular complexity index is 687. The third-order valence-electron chi connectivity index (χ3n) is 5.21. The van der Waals surface area contributed by atoms with Crippen LogP contribution in [0.2, 0.25) is 0 Å². The molecule has 1 aromatic heterocycles. The summed E-state index contributed by atoms with van der Waals surface area (Å²) in [5.41, 5.74) is 0.540. The smallest absolute Gasteiger partial charge is 0.407 e. The van der Waals surface area contributed by atoms with E-state index in [1.807, 2.05) is 20.8 Å². The molecule has 2 fully saturated rings. The Labute approximate surface area is 167 Å². The molecule has 2 heterocycles. The third kappa shape index (κ3) is 5.62. The maximum absolute atomic E-state index is 12.0. The minimum absolute atomic E-state index is 0.0648. The highest BCUT2D eigenvalue weighted by molar-refractivity contribution is 5.80. The first-order valence-corrected chi connectivity index (χ1v) is 10.3. The van der Waals surface area contributed by atoms with Gasteiger partial charge in [-0.1, -0.05) is 12.8 Å². The van der Waals surface area contributed by atoms with Crippen LogP contribution in [0.3, 0.4) is 0 Å². The maximum Gasteiger partial charge on any atom is 0.407 e. The number of carbonyl (C=O) groups is 1. The summed E-state index contributed by atoms with van der Waals surface area (Å²) in [4.78, 5) is 18.5. The lowest BCUT2D eigenvalue weighted by molar-refractivity contribution is 0.0507. The second-order valence-corrected chi connectivity index (χ2v) is 8.70. The van der Waals surface area contributed by atoms with Crippen molar-refractivity contribution in [2.75, 3.05) is 20.1 Å². The molecule has 1 saturated carbocycles. The molecule has 0 bridgehead atoms. The lowest BCUT2D eigenvalue weighted by Gasteiger charge is -2.23. The number of hydrogen-bond donors (Lipinski definition) is 2. The molecule has 1 amide bonds. The van der Waals surface area contributed by atoms with Crippen molar-refractivity contribution in [2.45, 2.75) is 77.1 Å². The summed E-state index contributed by atoms with van der Waals surface area (Å²) in [6.45, 7) is 7.81. The van der Waals surface area contributed by atoms with Gasteiger partial charge >= 0.3 is 6.09 Å². The maximum atomic E-state index is 12.0. The summed E-state index contributed by atoms with van der Waals surface area (Å²) in [6, 6.07) is 2.71. The number of likely N-dealkylation sites (tertiary alicyclic amines) is 1. The molecule has 0 spiro atoms. The molecule has 1 aromatic rings. The van der Waals surface area contributed by atoms with Crippen LogP contribution in [-0.4, -0.2) is 58.5 Å². The molecule has 0 aromatic carbocycles. The fourth-order valence-corrected chi connectivity index (χ4v) is 3.89. The van der Waals surface area contributed by atoms with E-state index in [2.05, 4.69) is 37.5 Å². The Morgan fingerprint density at radius 1 is 1.32 bits per heavy atom. The van der Waals surface area contributed by atoms with E-state index >= 15 is 0 Å². The molecule has 2 aliphatic rings. The predicted molar refractivity (Wildman–Crippen MR) is 109 cm³/mol. The van der Waals surface area contributed by atoms with Gasteiger partial charge in [0.1, 0.15) is 5.60 Å². The molecule has 1 atom stereocenters. The third-order valence-corrected chi connectivity index (χ3v) is 5.21. The largest absolute Gasteiger partial charge is 0.444 e. The van der Waals surface area contributed by atoms with E-state index in [4.69, 9.17) is 9.84 Å². The van der Waals surface area contributed by atoms with Gasteiger partial charge in [0.15, 0.2) is 5.96 Å². The summed E-state index contributed by atoms with van der Waals surface area (Å²) in [5.74, 6) is 0.837. The van der Waals surface area contributed by atoms with Crippen molar-refractivity contribution in [3.8, 4) is 0 Å². The molecule has 3 rings (SSSR count). The van der Waals surface area contributed by atoms with Crippen LogP contribution in [0, 0.1) is 0 Å². The van der Waals surface area contributed by atoms with Crippen LogP contribution in [0.25, 0.3) is 0 Å². The molecule has 1 saturated heterocycles. The van der Waals surface area contributed by atoms with Crippen LogP contribution in [0.15, 0.2) is 17.3 Å². The van der Waals surface area contributed by atoms with Crippen molar-refractivity contribution in [1.82, 2.24) is 25.3 Å².